The number of aromatic carboxylic acids is 1. The van der Waals surface area contributed by atoms with Crippen LogP contribution >= 0.6 is 0 Å². The summed E-state index contributed by atoms with van der Waals surface area (Å²) in [5.41, 5.74) is 2.44. The maximum atomic E-state index is 11.1. The van der Waals surface area contributed by atoms with Crippen molar-refractivity contribution in [2.75, 3.05) is 5.32 Å². The Labute approximate surface area is 132 Å². The lowest BCUT2D eigenvalue weighted by Gasteiger charge is -2.26. The first-order valence-corrected chi connectivity index (χ1v) is 7.25. The molecule has 23 heavy (non-hydrogen) atoms. The summed E-state index contributed by atoms with van der Waals surface area (Å²) in [6.45, 7) is 0. The van der Waals surface area contributed by atoms with Crippen molar-refractivity contribution < 1.29 is 14.8 Å². The molecule has 1 aromatic carbocycles. The Hall–Kier alpha value is -2.96. The van der Waals surface area contributed by atoms with Gasteiger partial charge in [-0.15, -0.1) is 0 Å². The second-order valence-electron chi connectivity index (χ2n) is 5.53. The number of carbonyl (C=O) groups is 1. The lowest BCUT2D eigenvalue weighted by molar-refractivity contribution is -0.385. The molecule has 7 nitrogen and oxygen atoms in total. The van der Waals surface area contributed by atoms with Crippen LogP contribution < -0.4 is 5.32 Å². The minimum Gasteiger partial charge on any atom is -0.478 e. The molecule has 0 amide bonds. The average molecular weight is 313 g/mol. The summed E-state index contributed by atoms with van der Waals surface area (Å²) in [6.07, 6.45) is 3.69. The molecule has 1 aliphatic carbocycles. The fourth-order valence-electron chi connectivity index (χ4n) is 2.80. The number of aryl methyl sites for hydroxylation is 1. The molecule has 1 unspecified atom stereocenters. The highest BCUT2D eigenvalue weighted by Gasteiger charge is 2.20. The van der Waals surface area contributed by atoms with Crippen molar-refractivity contribution in [3.05, 3.63) is 63.3 Å². The zero-order valence-corrected chi connectivity index (χ0v) is 12.2. The number of carboxylic acid groups (broad SMARTS) is 1. The molecule has 1 aliphatic rings. The van der Waals surface area contributed by atoms with E-state index in [2.05, 4.69) is 10.3 Å². The second-order valence-corrected chi connectivity index (χ2v) is 5.53. The third kappa shape index (κ3) is 3.28. The number of rotatable bonds is 4. The van der Waals surface area contributed by atoms with E-state index >= 15 is 0 Å². The van der Waals surface area contributed by atoms with E-state index in [0.717, 1.165) is 18.4 Å². The van der Waals surface area contributed by atoms with E-state index < -0.39 is 10.9 Å². The first-order chi connectivity index (χ1) is 11.0. The smallest absolute Gasteiger partial charge is 0.335 e. The lowest BCUT2D eigenvalue weighted by atomic mass is 9.87. The van der Waals surface area contributed by atoms with Crippen LogP contribution in [0.1, 0.15) is 27.9 Å². The second kappa shape index (κ2) is 6.04. The van der Waals surface area contributed by atoms with E-state index in [4.69, 9.17) is 5.11 Å². The van der Waals surface area contributed by atoms with E-state index in [-0.39, 0.29) is 17.3 Å². The van der Waals surface area contributed by atoms with E-state index in [9.17, 15) is 14.9 Å². The molecule has 1 aromatic heterocycles. The summed E-state index contributed by atoms with van der Waals surface area (Å²) in [5.74, 6) is -0.349. The molecule has 0 fully saturated rings. The zero-order valence-electron chi connectivity index (χ0n) is 12.2. The topological polar surface area (TPSA) is 105 Å². The normalized spacial score (nSPS) is 16.4. The fourth-order valence-corrected chi connectivity index (χ4v) is 2.80. The van der Waals surface area contributed by atoms with E-state index in [1.54, 1.807) is 18.2 Å². The highest BCUT2D eigenvalue weighted by atomic mass is 16.6. The van der Waals surface area contributed by atoms with Crippen LogP contribution in [0.25, 0.3) is 0 Å². The highest BCUT2D eigenvalue weighted by Crippen LogP contribution is 2.25. The van der Waals surface area contributed by atoms with Gasteiger partial charge in [-0.3, -0.25) is 10.1 Å². The average Bonchev–Trinajstić information content (AvgIpc) is 2.54. The molecule has 2 aromatic rings. The molecular formula is C16H15N3O4. The summed E-state index contributed by atoms with van der Waals surface area (Å²) in [6, 6.07) is 8.34. The van der Waals surface area contributed by atoms with E-state index in [1.807, 2.05) is 6.07 Å². The van der Waals surface area contributed by atoms with Crippen LogP contribution in [0.5, 0.6) is 0 Å². The molecule has 1 heterocycles. The van der Waals surface area contributed by atoms with Gasteiger partial charge >= 0.3 is 5.97 Å². The Morgan fingerprint density at radius 1 is 1.30 bits per heavy atom. The number of benzene rings is 1. The third-order valence-corrected chi connectivity index (χ3v) is 3.99. The Balaban J connectivity index is 1.72. The molecule has 0 bridgehead atoms. The first kappa shape index (κ1) is 15.0. The molecule has 3 rings (SSSR count). The SMILES string of the molecule is O=C(O)c1ccc2c(c1)CC(Nc1ccc([N+](=O)[O-])cn1)CC2. The molecule has 7 heteroatoms. The number of carboxylic acids is 1. The van der Waals surface area contributed by atoms with Crippen LogP contribution in [0, 0.1) is 10.1 Å². The van der Waals surface area contributed by atoms with Crippen LogP contribution in [-0.2, 0) is 12.8 Å². The van der Waals surface area contributed by atoms with Gasteiger partial charge in [-0.05, 0) is 48.6 Å². The summed E-state index contributed by atoms with van der Waals surface area (Å²) in [4.78, 5) is 25.3. The number of aromatic nitrogens is 1. The van der Waals surface area contributed by atoms with Crippen molar-refractivity contribution in [2.45, 2.75) is 25.3 Å². The summed E-state index contributed by atoms with van der Waals surface area (Å²) in [7, 11) is 0. The Bertz CT molecular complexity index is 758. The Morgan fingerprint density at radius 2 is 2.13 bits per heavy atom. The Morgan fingerprint density at radius 3 is 2.78 bits per heavy atom. The number of hydrogen-bond acceptors (Lipinski definition) is 5. The van der Waals surface area contributed by atoms with Crippen molar-refractivity contribution in [1.29, 1.82) is 0 Å². The quantitative estimate of drug-likeness (QED) is 0.664. The number of anilines is 1. The van der Waals surface area contributed by atoms with Gasteiger partial charge in [-0.2, -0.15) is 0 Å². The molecule has 2 N–H and O–H groups in total. The van der Waals surface area contributed by atoms with Crippen LogP contribution in [0.4, 0.5) is 11.5 Å². The van der Waals surface area contributed by atoms with Gasteiger partial charge in [0.2, 0.25) is 0 Å². The summed E-state index contributed by atoms with van der Waals surface area (Å²) >= 11 is 0. The van der Waals surface area contributed by atoms with Crippen molar-refractivity contribution in [1.82, 2.24) is 4.98 Å². The number of nitrogens with zero attached hydrogens (tertiary/aromatic N) is 2. The highest BCUT2D eigenvalue weighted by molar-refractivity contribution is 5.87. The van der Waals surface area contributed by atoms with Gasteiger partial charge in [-0.1, -0.05) is 6.07 Å². The molecule has 0 saturated heterocycles. The van der Waals surface area contributed by atoms with Crippen LogP contribution in [0.3, 0.4) is 0 Å². The Kier molecular flexibility index (Phi) is 3.92. The fraction of sp³-hybridized carbons (Fsp3) is 0.250. The largest absolute Gasteiger partial charge is 0.478 e. The predicted molar refractivity (Wildman–Crippen MR) is 83.7 cm³/mol. The van der Waals surface area contributed by atoms with Crippen LogP contribution in [-0.4, -0.2) is 27.0 Å². The summed E-state index contributed by atoms with van der Waals surface area (Å²) < 4.78 is 0. The lowest BCUT2D eigenvalue weighted by Crippen LogP contribution is -2.28. The summed E-state index contributed by atoms with van der Waals surface area (Å²) in [5, 5.41) is 23.0. The standard InChI is InChI=1S/C16H15N3O4/c20-16(21)11-2-1-10-3-4-13(8-12(10)7-11)18-15-6-5-14(9-17-15)19(22)23/h1-2,5-7,9,13H,3-4,8H2,(H,17,18)(H,20,21). The first-order valence-electron chi connectivity index (χ1n) is 7.25. The monoisotopic (exact) mass is 313 g/mol. The molecule has 0 aliphatic heterocycles. The van der Waals surface area contributed by atoms with Gasteiger partial charge in [-0.25, -0.2) is 9.78 Å². The molecule has 0 saturated carbocycles. The maximum Gasteiger partial charge on any atom is 0.335 e. The van der Waals surface area contributed by atoms with Crippen molar-refractivity contribution in [3.8, 4) is 0 Å². The molecule has 0 radical (unpaired) electrons. The van der Waals surface area contributed by atoms with Gasteiger partial charge in [0.05, 0.1) is 10.5 Å². The number of pyridine rings is 1. The minimum absolute atomic E-state index is 0.0457. The predicted octanol–water partition coefficient (Wildman–Crippen LogP) is 2.66. The minimum atomic E-state index is -0.931. The number of nitro groups is 1. The van der Waals surface area contributed by atoms with Crippen molar-refractivity contribution in [2.24, 2.45) is 0 Å². The van der Waals surface area contributed by atoms with Crippen molar-refractivity contribution in [3.63, 3.8) is 0 Å². The number of nitrogens with one attached hydrogen (secondary N) is 1. The van der Waals surface area contributed by atoms with E-state index in [1.165, 1.54) is 17.8 Å². The molecule has 0 spiro atoms. The van der Waals surface area contributed by atoms with Gasteiger partial charge in [0.15, 0.2) is 0 Å². The molecular weight excluding hydrogens is 298 g/mol. The van der Waals surface area contributed by atoms with Gasteiger partial charge < -0.3 is 10.4 Å². The zero-order chi connectivity index (χ0) is 16.4. The molecule has 1 atom stereocenters. The number of fused-ring (bicyclic) bond motifs is 1. The van der Waals surface area contributed by atoms with E-state index in [0.29, 0.717) is 12.2 Å². The van der Waals surface area contributed by atoms with Crippen molar-refractivity contribution >= 4 is 17.5 Å². The van der Waals surface area contributed by atoms with Gasteiger partial charge in [0.25, 0.3) is 5.69 Å². The van der Waals surface area contributed by atoms with Crippen LogP contribution in [0.15, 0.2) is 36.5 Å². The van der Waals surface area contributed by atoms with Gasteiger partial charge in [0.1, 0.15) is 12.0 Å². The van der Waals surface area contributed by atoms with Crippen LogP contribution in [0.2, 0.25) is 0 Å². The third-order valence-electron chi connectivity index (χ3n) is 3.99. The van der Waals surface area contributed by atoms with Gasteiger partial charge in [0, 0.05) is 12.1 Å². The molecule has 118 valence electrons. The maximum absolute atomic E-state index is 11.1. The number of hydrogen-bond donors (Lipinski definition) is 2.